The number of para-hydroxylation sites is 4. The van der Waals surface area contributed by atoms with Gasteiger partial charge in [-0.05, 0) is 101 Å². The molecule has 0 amide bonds. The summed E-state index contributed by atoms with van der Waals surface area (Å²) in [5, 5.41) is 1.48. The highest BCUT2D eigenvalue weighted by Crippen LogP contribution is 2.50. The van der Waals surface area contributed by atoms with Crippen LogP contribution in [-0.4, -0.2) is 16.2 Å². The molecule has 0 unspecified atom stereocenters. The summed E-state index contributed by atoms with van der Waals surface area (Å²) in [6, 6.07) is 33.4. The third kappa shape index (κ3) is 7.10. The van der Waals surface area contributed by atoms with Gasteiger partial charge in [0.2, 0.25) is 0 Å². The Bertz CT molecular complexity index is 4060. The molecule has 316 valence electrons. The third-order valence-corrected chi connectivity index (χ3v) is 11.9. The lowest BCUT2D eigenvalue weighted by atomic mass is 9.88. The molecule has 2 aromatic heterocycles. The van der Waals surface area contributed by atoms with Gasteiger partial charge in [-0.3, -0.25) is 4.57 Å². The van der Waals surface area contributed by atoms with Gasteiger partial charge in [0.05, 0.1) is 41.8 Å². The van der Waals surface area contributed by atoms with Crippen molar-refractivity contribution in [2.24, 2.45) is 0 Å². The molecule has 0 fully saturated rings. The van der Waals surface area contributed by atoms with Crippen LogP contribution in [0.15, 0.2) is 200 Å². The SMILES string of the molecule is [2H]c1c([2H])c([2H])c(-c2cccc(-c3c([2H])c([2H])c([2H])c([2H])c3[2H])c2N2CN(c3cccc(Oc4ccc5c6cccc(-c7c(C([2H])([2H])[2H])cccc7C([2H])([2H])[2H])c6n(-c6cc(C(C)(C)C)ccn6)c5c4)c3)c3ccccc32)c([2H])c1[2H]. The van der Waals surface area contributed by atoms with Crippen LogP contribution in [0, 0.1) is 13.7 Å². The minimum absolute atomic E-state index is 0.0353. The molecule has 5 heteroatoms. The molecule has 65 heavy (non-hydrogen) atoms. The molecule has 0 N–H and O–H groups in total. The summed E-state index contributed by atoms with van der Waals surface area (Å²) >= 11 is 0. The molecule has 0 bridgehead atoms. The van der Waals surface area contributed by atoms with Crippen LogP contribution in [0.1, 0.15) is 59.4 Å². The number of hydrogen-bond donors (Lipinski definition) is 0. The number of anilines is 4. The van der Waals surface area contributed by atoms with E-state index in [-0.39, 0.29) is 56.7 Å². The molecule has 0 atom stereocenters. The van der Waals surface area contributed by atoms with E-state index in [2.05, 4.69) is 20.8 Å². The molecule has 0 spiro atoms. The van der Waals surface area contributed by atoms with E-state index in [0.717, 1.165) is 16.3 Å². The summed E-state index contributed by atoms with van der Waals surface area (Å²) in [4.78, 5) is 8.70. The van der Waals surface area contributed by atoms with E-state index in [1.807, 2.05) is 93.2 Å². The first-order valence-electron chi connectivity index (χ1n) is 29.2. The average molecular weight is 859 g/mol. The minimum atomic E-state index is -2.67. The molecule has 8 aromatic carbocycles. The Labute approximate surface area is 403 Å². The van der Waals surface area contributed by atoms with Gasteiger partial charge in [-0.15, -0.1) is 0 Å². The Morgan fingerprint density at radius 3 is 1.91 bits per heavy atom. The molecule has 1 aliphatic heterocycles. The van der Waals surface area contributed by atoms with Gasteiger partial charge >= 0.3 is 0 Å². The number of ether oxygens (including phenoxy) is 1. The molecule has 0 aliphatic carbocycles. The molecular formula is C60H50N4O. The Hall–Kier alpha value is -7.89. The zero-order valence-electron chi connectivity index (χ0n) is 51.7. The first-order chi connectivity index (χ1) is 38.3. The first kappa shape index (κ1) is 26.0. The summed E-state index contributed by atoms with van der Waals surface area (Å²) in [6.07, 6.45) is 1.72. The summed E-state index contributed by atoms with van der Waals surface area (Å²) in [6.45, 7) is 0.961. The lowest BCUT2D eigenvalue weighted by Gasteiger charge is -2.27. The van der Waals surface area contributed by atoms with Crippen LogP contribution in [0.4, 0.5) is 22.7 Å². The van der Waals surface area contributed by atoms with Gasteiger partial charge in [0.25, 0.3) is 0 Å². The second-order valence-corrected chi connectivity index (χ2v) is 16.9. The van der Waals surface area contributed by atoms with Crippen LogP contribution < -0.4 is 14.5 Å². The van der Waals surface area contributed by atoms with Crippen molar-refractivity contribution in [2.75, 3.05) is 16.5 Å². The molecule has 0 radical (unpaired) electrons. The number of benzene rings is 8. The van der Waals surface area contributed by atoms with Crippen molar-refractivity contribution in [3.63, 3.8) is 0 Å². The van der Waals surface area contributed by atoms with Crippen LogP contribution in [0.2, 0.25) is 0 Å². The summed E-state index contributed by atoms with van der Waals surface area (Å²) < 4.78 is 148. The van der Waals surface area contributed by atoms with E-state index in [4.69, 9.17) is 31.7 Å². The van der Waals surface area contributed by atoms with Crippen LogP contribution in [0.5, 0.6) is 11.5 Å². The zero-order valence-corrected chi connectivity index (χ0v) is 35.7. The minimum Gasteiger partial charge on any atom is -0.457 e. The maximum atomic E-state index is 9.08. The number of aromatic nitrogens is 2. The van der Waals surface area contributed by atoms with E-state index in [0.29, 0.717) is 51.0 Å². The van der Waals surface area contributed by atoms with Crippen molar-refractivity contribution in [1.82, 2.24) is 9.55 Å². The van der Waals surface area contributed by atoms with Crippen molar-refractivity contribution < 1.29 is 26.7 Å². The quantitative estimate of drug-likeness (QED) is 0.152. The summed E-state index contributed by atoms with van der Waals surface area (Å²) in [5.74, 6) is 1.35. The van der Waals surface area contributed by atoms with Gasteiger partial charge in [-0.1, -0.05) is 154 Å². The standard InChI is InChI=1S/C60H50N4O/c1-40-18-14-19-41(2)57(40)52-29-17-28-51-50-33-32-47(38-55(50)64(59(51)52)56-36-44(34-35-61-56)60(3,4)5)65-46-25-15-24-45(37-46)62-39-63(54-31-13-12-30-53(54)62)58-48(42-20-8-6-9-21-42)26-16-27-49(58)43-22-10-7-11-23-43/h6-38H,39H2,1-5H3/i1D3,2D3,6D,7D,8D,9D,10D,11D,20D,21D,22D,23D. The summed E-state index contributed by atoms with van der Waals surface area (Å²) in [5.41, 5.74) is 4.40. The molecule has 0 saturated carbocycles. The highest BCUT2D eigenvalue weighted by Gasteiger charge is 2.31. The van der Waals surface area contributed by atoms with Gasteiger partial charge in [-0.2, -0.15) is 0 Å². The number of pyridine rings is 1. The van der Waals surface area contributed by atoms with Gasteiger partial charge in [0, 0.05) is 59.7 Å². The van der Waals surface area contributed by atoms with Crippen LogP contribution in [0.3, 0.4) is 0 Å². The zero-order chi connectivity index (χ0) is 57.9. The third-order valence-electron chi connectivity index (χ3n) is 11.9. The fourth-order valence-corrected chi connectivity index (χ4v) is 8.88. The molecule has 0 saturated heterocycles. The monoisotopic (exact) mass is 858 g/mol. The highest BCUT2D eigenvalue weighted by atomic mass is 16.5. The molecule has 5 nitrogen and oxygen atoms in total. The van der Waals surface area contributed by atoms with Gasteiger partial charge in [0.1, 0.15) is 24.0 Å². The van der Waals surface area contributed by atoms with Crippen LogP contribution in [-0.2, 0) is 5.41 Å². The number of aryl methyl sites for hydroxylation is 2. The van der Waals surface area contributed by atoms with Gasteiger partial charge in [-0.25, -0.2) is 4.98 Å². The number of nitrogens with zero attached hydrogens (tertiary/aromatic N) is 4. The van der Waals surface area contributed by atoms with E-state index in [1.165, 1.54) is 18.2 Å². The number of fused-ring (bicyclic) bond motifs is 4. The van der Waals surface area contributed by atoms with Crippen molar-refractivity contribution in [1.29, 1.82) is 0 Å². The molecule has 1 aliphatic rings. The van der Waals surface area contributed by atoms with Crippen LogP contribution >= 0.6 is 0 Å². The van der Waals surface area contributed by atoms with Crippen molar-refractivity contribution in [2.45, 2.75) is 39.9 Å². The lowest BCUT2D eigenvalue weighted by Crippen LogP contribution is -2.24. The molecule has 3 heterocycles. The second-order valence-electron chi connectivity index (χ2n) is 16.9. The first-order valence-corrected chi connectivity index (χ1v) is 21.2. The van der Waals surface area contributed by atoms with E-state index >= 15 is 0 Å². The molecule has 11 rings (SSSR count). The Morgan fingerprint density at radius 2 is 1.22 bits per heavy atom. The van der Waals surface area contributed by atoms with Crippen molar-refractivity contribution >= 4 is 44.6 Å². The van der Waals surface area contributed by atoms with E-state index in [9.17, 15) is 0 Å². The smallest absolute Gasteiger partial charge is 0.137 e. The Kier molecular flexibility index (Phi) is 6.42. The molecule has 10 aromatic rings. The van der Waals surface area contributed by atoms with Crippen molar-refractivity contribution in [3.8, 4) is 50.7 Å². The van der Waals surface area contributed by atoms with Crippen LogP contribution in [0.25, 0.3) is 61.0 Å². The van der Waals surface area contributed by atoms with Crippen molar-refractivity contribution in [3.05, 3.63) is 217 Å². The predicted molar refractivity (Wildman–Crippen MR) is 272 cm³/mol. The lowest BCUT2D eigenvalue weighted by molar-refractivity contribution is 0.483. The fraction of sp³-hybridized carbons (Fsp3) is 0.117. The number of hydrogen-bond acceptors (Lipinski definition) is 4. The largest absolute Gasteiger partial charge is 0.457 e. The van der Waals surface area contributed by atoms with E-state index in [1.54, 1.807) is 42.6 Å². The average Bonchev–Trinajstić information content (AvgIpc) is 4.10. The maximum absolute atomic E-state index is 9.08. The number of rotatable bonds is 8. The fourth-order valence-electron chi connectivity index (χ4n) is 8.88. The predicted octanol–water partition coefficient (Wildman–Crippen LogP) is 16.1. The highest BCUT2D eigenvalue weighted by molar-refractivity contribution is 6.14. The Morgan fingerprint density at radius 1 is 0.585 bits per heavy atom. The summed E-state index contributed by atoms with van der Waals surface area (Å²) in [7, 11) is 0. The maximum Gasteiger partial charge on any atom is 0.137 e. The van der Waals surface area contributed by atoms with E-state index < -0.39 is 74.1 Å². The normalized spacial score (nSPS) is 16.5. The topological polar surface area (TPSA) is 33.5 Å². The Balaban J connectivity index is 1.06. The second kappa shape index (κ2) is 16.0. The molecular weight excluding hydrogens is 793 g/mol. The van der Waals surface area contributed by atoms with Gasteiger partial charge < -0.3 is 14.5 Å². The van der Waals surface area contributed by atoms with Gasteiger partial charge in [0.15, 0.2) is 0 Å².